The number of benzene rings is 2. The first-order chi connectivity index (χ1) is 9.69. The monoisotopic (exact) mass is 333 g/mol. The fraction of sp³-hybridized carbons (Fsp3) is 0.294. The number of halogens is 1. The van der Waals surface area contributed by atoms with E-state index in [9.17, 15) is 0 Å². The Labute approximate surface area is 129 Å². The van der Waals surface area contributed by atoms with Crippen LogP contribution in [-0.2, 0) is 6.54 Å². The minimum atomic E-state index is 0.758. The first-order valence-electron chi connectivity index (χ1n) is 6.91. The Morgan fingerprint density at radius 3 is 2.75 bits per heavy atom. The van der Waals surface area contributed by atoms with Crippen LogP contribution in [0.3, 0.4) is 0 Å². The van der Waals surface area contributed by atoms with Crippen LogP contribution < -0.4 is 10.1 Å². The van der Waals surface area contributed by atoms with Crippen molar-refractivity contribution in [2.24, 2.45) is 0 Å². The molecule has 0 atom stereocenters. The molecule has 0 unspecified atom stereocenters. The topological polar surface area (TPSA) is 21.3 Å². The molecular formula is C17H20BrNO. The number of nitrogens with one attached hydrogen (secondary N) is 1. The second-order valence-corrected chi connectivity index (χ2v) is 5.67. The lowest BCUT2D eigenvalue weighted by atomic mass is 10.1. The molecule has 2 aromatic rings. The number of anilines is 1. The molecule has 0 amide bonds. The first kappa shape index (κ1) is 14.9. The molecule has 0 spiro atoms. The third-order valence-corrected chi connectivity index (χ3v) is 3.89. The van der Waals surface area contributed by atoms with Crippen molar-refractivity contribution in [2.45, 2.75) is 26.8 Å². The zero-order chi connectivity index (χ0) is 14.4. The van der Waals surface area contributed by atoms with Crippen molar-refractivity contribution in [2.75, 3.05) is 11.9 Å². The average Bonchev–Trinajstić information content (AvgIpc) is 2.47. The summed E-state index contributed by atoms with van der Waals surface area (Å²) in [7, 11) is 0. The van der Waals surface area contributed by atoms with E-state index in [1.54, 1.807) is 0 Å². The summed E-state index contributed by atoms with van der Waals surface area (Å²) in [6.07, 6.45) is 1.02. The summed E-state index contributed by atoms with van der Waals surface area (Å²) in [5.41, 5.74) is 3.58. The summed E-state index contributed by atoms with van der Waals surface area (Å²) >= 11 is 3.56. The van der Waals surface area contributed by atoms with Crippen molar-refractivity contribution in [3.63, 3.8) is 0 Å². The van der Waals surface area contributed by atoms with Gasteiger partial charge < -0.3 is 10.1 Å². The van der Waals surface area contributed by atoms with Crippen molar-refractivity contribution in [1.82, 2.24) is 0 Å². The molecule has 0 saturated heterocycles. The lowest BCUT2D eigenvalue weighted by molar-refractivity contribution is 0.317. The third-order valence-electron chi connectivity index (χ3n) is 3.04. The number of hydrogen-bond acceptors (Lipinski definition) is 2. The van der Waals surface area contributed by atoms with Crippen molar-refractivity contribution in [3.8, 4) is 5.75 Å². The smallest absolute Gasteiger partial charge is 0.121 e. The summed E-state index contributed by atoms with van der Waals surface area (Å²) in [4.78, 5) is 0. The van der Waals surface area contributed by atoms with E-state index in [-0.39, 0.29) is 0 Å². The van der Waals surface area contributed by atoms with Gasteiger partial charge in [0, 0.05) is 22.8 Å². The molecule has 0 aliphatic carbocycles. The van der Waals surface area contributed by atoms with E-state index in [1.807, 2.05) is 18.2 Å². The highest BCUT2D eigenvalue weighted by atomic mass is 79.9. The van der Waals surface area contributed by atoms with Crippen LogP contribution in [0.5, 0.6) is 5.75 Å². The van der Waals surface area contributed by atoms with E-state index >= 15 is 0 Å². The number of rotatable bonds is 6. The van der Waals surface area contributed by atoms with Crippen molar-refractivity contribution in [3.05, 3.63) is 58.1 Å². The Hall–Kier alpha value is -1.48. The highest BCUT2D eigenvalue weighted by molar-refractivity contribution is 9.10. The van der Waals surface area contributed by atoms with Gasteiger partial charge in [-0.05, 0) is 42.7 Å². The van der Waals surface area contributed by atoms with Gasteiger partial charge >= 0.3 is 0 Å². The summed E-state index contributed by atoms with van der Waals surface area (Å²) < 4.78 is 6.79. The van der Waals surface area contributed by atoms with Gasteiger partial charge in [-0.2, -0.15) is 0 Å². The lowest BCUT2D eigenvalue weighted by Crippen LogP contribution is -2.00. The van der Waals surface area contributed by atoms with Gasteiger partial charge in [-0.3, -0.25) is 0 Å². The van der Waals surface area contributed by atoms with Crippen LogP contribution in [0.1, 0.15) is 24.5 Å². The Balaban J connectivity index is 1.97. The molecular weight excluding hydrogens is 314 g/mol. The second kappa shape index (κ2) is 7.34. The molecule has 0 fully saturated rings. The molecule has 0 aliphatic heterocycles. The van der Waals surface area contributed by atoms with E-state index in [2.05, 4.69) is 59.4 Å². The Bertz CT molecular complexity index is 569. The Morgan fingerprint density at radius 1 is 1.15 bits per heavy atom. The van der Waals surface area contributed by atoms with E-state index in [0.29, 0.717) is 0 Å². The summed E-state index contributed by atoms with van der Waals surface area (Å²) in [6, 6.07) is 14.5. The maximum atomic E-state index is 5.64. The van der Waals surface area contributed by atoms with Gasteiger partial charge in [-0.15, -0.1) is 0 Å². The third kappa shape index (κ3) is 4.27. The number of hydrogen-bond donors (Lipinski definition) is 1. The van der Waals surface area contributed by atoms with Gasteiger partial charge in [0.15, 0.2) is 0 Å². The van der Waals surface area contributed by atoms with Crippen LogP contribution in [0.2, 0.25) is 0 Å². The summed E-state index contributed by atoms with van der Waals surface area (Å²) in [6.45, 7) is 5.76. The van der Waals surface area contributed by atoms with Crippen LogP contribution in [0, 0.1) is 6.92 Å². The highest BCUT2D eigenvalue weighted by Crippen LogP contribution is 2.20. The van der Waals surface area contributed by atoms with Gasteiger partial charge in [0.25, 0.3) is 0 Å². The van der Waals surface area contributed by atoms with Crippen LogP contribution >= 0.6 is 15.9 Å². The minimum Gasteiger partial charge on any atom is -0.494 e. The molecule has 0 bridgehead atoms. The van der Waals surface area contributed by atoms with Gasteiger partial charge in [0.1, 0.15) is 5.75 Å². The van der Waals surface area contributed by atoms with Gasteiger partial charge in [-0.25, -0.2) is 0 Å². The normalized spacial score (nSPS) is 10.3. The largest absolute Gasteiger partial charge is 0.494 e. The number of aryl methyl sites for hydroxylation is 1. The highest BCUT2D eigenvalue weighted by Gasteiger charge is 1.99. The molecule has 0 heterocycles. The van der Waals surface area contributed by atoms with E-state index in [4.69, 9.17) is 4.74 Å². The van der Waals surface area contributed by atoms with Crippen LogP contribution in [0.25, 0.3) is 0 Å². The summed E-state index contributed by atoms with van der Waals surface area (Å²) in [5.74, 6) is 0.918. The van der Waals surface area contributed by atoms with Gasteiger partial charge in [0.2, 0.25) is 0 Å². The quantitative estimate of drug-likeness (QED) is 0.788. The first-order valence-corrected chi connectivity index (χ1v) is 7.70. The Morgan fingerprint density at radius 2 is 2.00 bits per heavy atom. The van der Waals surface area contributed by atoms with Gasteiger partial charge in [0.05, 0.1) is 6.61 Å². The molecule has 2 nitrogen and oxygen atoms in total. The molecule has 106 valence electrons. The van der Waals surface area contributed by atoms with Crippen LogP contribution in [0.15, 0.2) is 46.9 Å². The Kier molecular flexibility index (Phi) is 5.48. The second-order valence-electron chi connectivity index (χ2n) is 4.81. The van der Waals surface area contributed by atoms with Gasteiger partial charge in [-0.1, -0.05) is 41.1 Å². The average molecular weight is 334 g/mol. The van der Waals surface area contributed by atoms with Crippen LogP contribution in [0.4, 0.5) is 5.69 Å². The predicted octanol–water partition coefficient (Wildman–Crippen LogP) is 5.16. The van der Waals surface area contributed by atoms with Crippen molar-refractivity contribution < 1.29 is 4.74 Å². The van der Waals surface area contributed by atoms with E-state index in [1.165, 1.54) is 11.1 Å². The molecule has 0 aliphatic rings. The zero-order valence-electron chi connectivity index (χ0n) is 11.9. The molecule has 1 N–H and O–H groups in total. The number of ether oxygens (including phenoxy) is 1. The predicted molar refractivity (Wildman–Crippen MR) is 88.4 cm³/mol. The fourth-order valence-corrected chi connectivity index (χ4v) is 2.29. The van der Waals surface area contributed by atoms with E-state index < -0.39 is 0 Å². The maximum absolute atomic E-state index is 5.64. The van der Waals surface area contributed by atoms with Crippen LogP contribution in [-0.4, -0.2) is 6.61 Å². The standard InChI is InChI=1S/C17H20BrNO/c1-3-9-20-16-6-4-5-15(11-16)19-12-14-8-7-13(2)17(18)10-14/h4-8,10-11,19H,3,9,12H2,1-2H3. The molecule has 3 heteroatoms. The molecule has 2 rings (SSSR count). The van der Waals surface area contributed by atoms with Crippen molar-refractivity contribution in [1.29, 1.82) is 0 Å². The molecule has 20 heavy (non-hydrogen) atoms. The zero-order valence-corrected chi connectivity index (χ0v) is 13.5. The maximum Gasteiger partial charge on any atom is 0.121 e. The lowest BCUT2D eigenvalue weighted by Gasteiger charge is -2.10. The summed E-state index contributed by atoms with van der Waals surface area (Å²) in [5, 5.41) is 3.42. The molecule has 0 aromatic heterocycles. The fourth-order valence-electron chi connectivity index (χ4n) is 1.87. The van der Waals surface area contributed by atoms with Crippen molar-refractivity contribution >= 4 is 21.6 Å². The molecule has 0 radical (unpaired) electrons. The molecule has 0 saturated carbocycles. The van der Waals surface area contributed by atoms with E-state index in [0.717, 1.165) is 35.5 Å². The minimum absolute atomic E-state index is 0.758. The SMILES string of the molecule is CCCOc1cccc(NCc2ccc(C)c(Br)c2)c1. The molecule has 2 aromatic carbocycles.